The molecule has 0 radical (unpaired) electrons. The first-order valence-electron chi connectivity index (χ1n) is 5.70. The van der Waals surface area contributed by atoms with E-state index in [1.807, 2.05) is 0 Å². The van der Waals surface area contributed by atoms with Crippen LogP contribution in [0.15, 0.2) is 12.2 Å². The molecule has 1 N–H and O–H groups in total. The Morgan fingerprint density at radius 2 is 2.14 bits per heavy atom. The molecule has 0 bridgehead atoms. The van der Waals surface area contributed by atoms with E-state index in [2.05, 4.69) is 37.5 Å². The molecule has 0 spiro atoms. The Hall–Kier alpha value is 0.0500. The average Bonchev–Trinajstić information content (AvgIpc) is 2.18. The Morgan fingerprint density at radius 3 is 2.64 bits per heavy atom. The maximum Gasteiger partial charge on any atom is 0.0276 e. The first-order valence-corrected chi connectivity index (χ1v) is 6.86. The van der Waals surface area contributed by atoms with Gasteiger partial charge in [0.2, 0.25) is 0 Å². The van der Waals surface area contributed by atoms with Crippen molar-refractivity contribution in [3.05, 3.63) is 12.2 Å². The lowest BCUT2D eigenvalue weighted by atomic mass is 9.91. The van der Waals surface area contributed by atoms with Crippen LogP contribution in [0.3, 0.4) is 0 Å². The van der Waals surface area contributed by atoms with Crippen LogP contribution in [0.5, 0.6) is 0 Å². The molecule has 0 aromatic carbocycles. The molecule has 0 saturated carbocycles. The number of thioether (sulfide) groups is 1. The van der Waals surface area contributed by atoms with E-state index < -0.39 is 0 Å². The van der Waals surface area contributed by atoms with Crippen LogP contribution in [-0.2, 0) is 0 Å². The summed E-state index contributed by atoms with van der Waals surface area (Å²) in [6, 6.07) is 0.549. The summed E-state index contributed by atoms with van der Waals surface area (Å²) in [6.45, 7) is 9.44. The van der Waals surface area contributed by atoms with Crippen molar-refractivity contribution in [1.82, 2.24) is 5.32 Å². The van der Waals surface area contributed by atoms with Gasteiger partial charge in [-0.25, -0.2) is 0 Å². The highest BCUT2D eigenvalue weighted by Gasteiger charge is 2.18. The summed E-state index contributed by atoms with van der Waals surface area (Å²) in [7, 11) is 0. The van der Waals surface area contributed by atoms with E-state index in [1.54, 1.807) is 0 Å². The molecule has 0 amide bonds. The Balaban J connectivity index is 2.33. The summed E-state index contributed by atoms with van der Waals surface area (Å²) in [5.74, 6) is 3.65. The zero-order chi connectivity index (χ0) is 10.4. The first-order chi connectivity index (χ1) is 6.74. The van der Waals surface area contributed by atoms with E-state index >= 15 is 0 Å². The van der Waals surface area contributed by atoms with Gasteiger partial charge in [-0.15, -0.1) is 0 Å². The lowest BCUT2D eigenvalue weighted by molar-refractivity contribution is 0.394. The molecule has 2 heteroatoms. The van der Waals surface area contributed by atoms with Crippen LogP contribution in [0.4, 0.5) is 0 Å². The highest BCUT2D eigenvalue weighted by Crippen LogP contribution is 2.27. The van der Waals surface area contributed by atoms with Gasteiger partial charge in [0.1, 0.15) is 0 Å². The van der Waals surface area contributed by atoms with Crippen LogP contribution in [0, 0.1) is 5.92 Å². The fourth-order valence-electron chi connectivity index (χ4n) is 2.02. The Morgan fingerprint density at radius 1 is 1.50 bits per heavy atom. The number of hydrogen-bond acceptors (Lipinski definition) is 2. The SMILES string of the molecule is C=C(C)C(CC1CCSCC1)NCC. The number of likely N-dealkylation sites (N-methyl/N-ethyl adjacent to an activating group) is 1. The monoisotopic (exact) mass is 213 g/mol. The van der Waals surface area contributed by atoms with Crippen molar-refractivity contribution in [2.45, 2.75) is 39.2 Å². The van der Waals surface area contributed by atoms with Crippen LogP contribution in [0.2, 0.25) is 0 Å². The predicted octanol–water partition coefficient (Wildman–Crippen LogP) is 3.07. The summed E-state index contributed by atoms with van der Waals surface area (Å²) in [5, 5.41) is 3.52. The molecule has 0 aromatic heterocycles. The van der Waals surface area contributed by atoms with Gasteiger partial charge in [-0.3, -0.25) is 0 Å². The van der Waals surface area contributed by atoms with Crippen LogP contribution >= 0.6 is 11.8 Å². The van der Waals surface area contributed by atoms with E-state index in [0.717, 1.165) is 12.5 Å². The Kier molecular flexibility index (Phi) is 5.64. The number of nitrogens with one attached hydrogen (secondary N) is 1. The Bertz CT molecular complexity index is 173. The molecule has 82 valence electrons. The van der Waals surface area contributed by atoms with Crippen molar-refractivity contribution < 1.29 is 0 Å². The van der Waals surface area contributed by atoms with Crippen molar-refractivity contribution in [3.63, 3.8) is 0 Å². The zero-order valence-corrected chi connectivity index (χ0v) is 10.3. The van der Waals surface area contributed by atoms with Gasteiger partial charge in [0.05, 0.1) is 0 Å². The molecule has 1 rings (SSSR count). The molecule has 0 aromatic rings. The number of rotatable bonds is 5. The minimum absolute atomic E-state index is 0.549. The lowest BCUT2D eigenvalue weighted by Crippen LogP contribution is -2.32. The summed E-state index contributed by atoms with van der Waals surface area (Å²) >= 11 is 2.10. The van der Waals surface area contributed by atoms with Crippen molar-refractivity contribution >= 4 is 11.8 Å². The normalized spacial score (nSPS) is 20.7. The summed E-state index contributed by atoms with van der Waals surface area (Å²) in [4.78, 5) is 0. The standard InChI is InChI=1S/C12H23NS/c1-4-13-12(10(2)3)9-11-5-7-14-8-6-11/h11-13H,2,4-9H2,1,3H3. The van der Waals surface area contributed by atoms with E-state index in [0.29, 0.717) is 6.04 Å². The van der Waals surface area contributed by atoms with Gasteiger partial charge >= 0.3 is 0 Å². The second-order valence-corrected chi connectivity index (χ2v) is 5.47. The summed E-state index contributed by atoms with van der Waals surface area (Å²) in [6.07, 6.45) is 4.10. The molecule has 1 heterocycles. The van der Waals surface area contributed by atoms with Crippen LogP contribution < -0.4 is 5.32 Å². The lowest BCUT2D eigenvalue weighted by Gasteiger charge is -2.27. The smallest absolute Gasteiger partial charge is 0.0276 e. The molecule has 1 atom stereocenters. The maximum atomic E-state index is 4.07. The van der Waals surface area contributed by atoms with E-state index in [9.17, 15) is 0 Å². The van der Waals surface area contributed by atoms with Gasteiger partial charge in [0.15, 0.2) is 0 Å². The largest absolute Gasteiger partial charge is 0.311 e. The third kappa shape index (κ3) is 4.05. The summed E-state index contributed by atoms with van der Waals surface area (Å²) in [5.41, 5.74) is 1.30. The van der Waals surface area contributed by atoms with Gasteiger partial charge in [-0.1, -0.05) is 19.1 Å². The fourth-order valence-corrected chi connectivity index (χ4v) is 3.22. The highest BCUT2D eigenvalue weighted by molar-refractivity contribution is 7.99. The molecule has 1 aliphatic heterocycles. The van der Waals surface area contributed by atoms with E-state index in [4.69, 9.17) is 0 Å². The third-order valence-electron chi connectivity index (χ3n) is 2.96. The van der Waals surface area contributed by atoms with Crippen LogP contribution in [0.1, 0.15) is 33.1 Å². The molecule has 14 heavy (non-hydrogen) atoms. The van der Waals surface area contributed by atoms with Gasteiger partial charge in [0, 0.05) is 6.04 Å². The minimum atomic E-state index is 0.549. The molecule has 1 aliphatic rings. The Labute approximate surface area is 92.7 Å². The summed E-state index contributed by atoms with van der Waals surface area (Å²) < 4.78 is 0. The van der Waals surface area contributed by atoms with E-state index in [1.165, 1.54) is 36.3 Å². The quantitative estimate of drug-likeness (QED) is 0.704. The molecule has 1 fully saturated rings. The van der Waals surface area contributed by atoms with Gasteiger partial charge in [-0.2, -0.15) is 11.8 Å². The van der Waals surface area contributed by atoms with Crippen LogP contribution in [0.25, 0.3) is 0 Å². The topological polar surface area (TPSA) is 12.0 Å². The molecular weight excluding hydrogens is 190 g/mol. The molecule has 1 unspecified atom stereocenters. The van der Waals surface area contributed by atoms with Crippen LogP contribution in [-0.4, -0.2) is 24.1 Å². The van der Waals surface area contributed by atoms with Crippen molar-refractivity contribution in [1.29, 1.82) is 0 Å². The molecule has 0 aliphatic carbocycles. The predicted molar refractivity (Wildman–Crippen MR) is 66.9 cm³/mol. The van der Waals surface area contributed by atoms with Crippen molar-refractivity contribution in [2.75, 3.05) is 18.1 Å². The second kappa shape index (κ2) is 6.52. The van der Waals surface area contributed by atoms with Crippen molar-refractivity contribution in [2.24, 2.45) is 5.92 Å². The maximum absolute atomic E-state index is 4.07. The van der Waals surface area contributed by atoms with Gasteiger partial charge < -0.3 is 5.32 Å². The number of hydrogen-bond donors (Lipinski definition) is 1. The van der Waals surface area contributed by atoms with E-state index in [-0.39, 0.29) is 0 Å². The molecule has 1 nitrogen and oxygen atoms in total. The fraction of sp³-hybridized carbons (Fsp3) is 0.833. The highest BCUT2D eigenvalue weighted by atomic mass is 32.2. The minimum Gasteiger partial charge on any atom is -0.311 e. The van der Waals surface area contributed by atoms with Gasteiger partial charge in [-0.05, 0) is 50.2 Å². The zero-order valence-electron chi connectivity index (χ0n) is 9.51. The molecular formula is C12H23NS. The second-order valence-electron chi connectivity index (χ2n) is 4.25. The van der Waals surface area contributed by atoms with Crippen molar-refractivity contribution in [3.8, 4) is 0 Å². The third-order valence-corrected chi connectivity index (χ3v) is 4.00. The first kappa shape index (κ1) is 12.1. The van der Waals surface area contributed by atoms with Gasteiger partial charge in [0.25, 0.3) is 0 Å². The average molecular weight is 213 g/mol. The molecule has 1 saturated heterocycles.